The highest BCUT2D eigenvalue weighted by molar-refractivity contribution is 6.40. The zero-order valence-electron chi connectivity index (χ0n) is 11.5. The summed E-state index contributed by atoms with van der Waals surface area (Å²) in [5.74, 6) is -1.35. The molecule has 0 spiro atoms. The molecule has 0 saturated heterocycles. The van der Waals surface area contributed by atoms with Crippen LogP contribution < -0.4 is 10.6 Å². The van der Waals surface area contributed by atoms with Gasteiger partial charge in [-0.2, -0.15) is 0 Å². The fourth-order valence-corrected chi connectivity index (χ4v) is 1.89. The van der Waals surface area contributed by atoms with E-state index in [2.05, 4.69) is 10.6 Å². The first kappa shape index (κ1) is 16.5. The lowest BCUT2D eigenvalue weighted by molar-refractivity contribution is -0.136. The van der Waals surface area contributed by atoms with Crippen LogP contribution >= 0.6 is 11.6 Å². The van der Waals surface area contributed by atoms with Crippen molar-refractivity contribution in [1.29, 1.82) is 0 Å². The standard InChI is InChI=1S/C14H19ClN2O3/c1-9(2)12(6-7-18)17-14(20)13(19)16-11-5-3-4-10(15)8-11/h3-5,8-9,12,18H,6-7H2,1-2H3,(H,16,19)(H,17,20). The fraction of sp³-hybridized carbons (Fsp3) is 0.429. The quantitative estimate of drug-likeness (QED) is 0.725. The monoisotopic (exact) mass is 298 g/mol. The van der Waals surface area contributed by atoms with E-state index in [1.807, 2.05) is 13.8 Å². The average Bonchev–Trinajstić information content (AvgIpc) is 2.37. The van der Waals surface area contributed by atoms with E-state index in [1.54, 1.807) is 24.3 Å². The molecule has 110 valence electrons. The average molecular weight is 299 g/mol. The van der Waals surface area contributed by atoms with Gasteiger partial charge >= 0.3 is 11.8 Å². The van der Waals surface area contributed by atoms with Crippen LogP contribution in [0.4, 0.5) is 5.69 Å². The van der Waals surface area contributed by atoms with Crippen LogP contribution in [0.25, 0.3) is 0 Å². The lowest BCUT2D eigenvalue weighted by Gasteiger charge is -2.21. The predicted octanol–water partition coefficient (Wildman–Crippen LogP) is 1.80. The van der Waals surface area contributed by atoms with Crippen molar-refractivity contribution in [1.82, 2.24) is 5.32 Å². The van der Waals surface area contributed by atoms with Gasteiger partial charge in [0.15, 0.2) is 0 Å². The molecule has 6 heteroatoms. The molecule has 0 radical (unpaired) electrons. The van der Waals surface area contributed by atoms with E-state index in [9.17, 15) is 9.59 Å². The Morgan fingerprint density at radius 1 is 1.30 bits per heavy atom. The summed E-state index contributed by atoms with van der Waals surface area (Å²) in [5, 5.41) is 14.5. The van der Waals surface area contributed by atoms with E-state index in [0.29, 0.717) is 17.1 Å². The van der Waals surface area contributed by atoms with Crippen molar-refractivity contribution in [3.63, 3.8) is 0 Å². The van der Waals surface area contributed by atoms with Crippen LogP contribution in [0.1, 0.15) is 20.3 Å². The predicted molar refractivity (Wildman–Crippen MR) is 78.6 cm³/mol. The number of rotatable bonds is 5. The topological polar surface area (TPSA) is 78.4 Å². The first-order valence-electron chi connectivity index (χ1n) is 6.42. The van der Waals surface area contributed by atoms with E-state index in [-0.39, 0.29) is 18.6 Å². The maximum atomic E-state index is 11.8. The van der Waals surface area contributed by atoms with Crippen molar-refractivity contribution in [2.75, 3.05) is 11.9 Å². The molecular weight excluding hydrogens is 280 g/mol. The molecule has 1 atom stereocenters. The van der Waals surface area contributed by atoms with E-state index in [4.69, 9.17) is 16.7 Å². The first-order chi connectivity index (χ1) is 9.43. The number of benzene rings is 1. The number of nitrogens with one attached hydrogen (secondary N) is 2. The molecule has 0 aliphatic rings. The molecule has 1 aromatic carbocycles. The summed E-state index contributed by atoms with van der Waals surface area (Å²) in [7, 11) is 0. The number of carbonyl (C=O) groups is 2. The molecule has 0 aliphatic carbocycles. The Hall–Kier alpha value is -1.59. The summed E-state index contributed by atoms with van der Waals surface area (Å²) in [6.45, 7) is 3.78. The SMILES string of the molecule is CC(C)C(CCO)NC(=O)C(=O)Nc1cccc(Cl)c1. The van der Waals surface area contributed by atoms with Crippen molar-refractivity contribution >= 4 is 29.1 Å². The number of amides is 2. The zero-order valence-corrected chi connectivity index (χ0v) is 12.3. The largest absolute Gasteiger partial charge is 0.396 e. The van der Waals surface area contributed by atoms with E-state index >= 15 is 0 Å². The zero-order chi connectivity index (χ0) is 15.1. The van der Waals surface area contributed by atoms with Gasteiger partial charge in [0.05, 0.1) is 0 Å². The highest BCUT2D eigenvalue weighted by Gasteiger charge is 2.20. The summed E-state index contributed by atoms with van der Waals surface area (Å²) < 4.78 is 0. The van der Waals surface area contributed by atoms with E-state index < -0.39 is 11.8 Å². The Bertz CT molecular complexity index is 477. The lowest BCUT2D eigenvalue weighted by Crippen LogP contribution is -2.44. The molecule has 1 aromatic rings. The Balaban J connectivity index is 2.60. The van der Waals surface area contributed by atoms with Crippen LogP contribution in [0.2, 0.25) is 5.02 Å². The molecule has 0 fully saturated rings. The number of aliphatic hydroxyl groups is 1. The summed E-state index contributed by atoms with van der Waals surface area (Å²) >= 11 is 5.80. The Morgan fingerprint density at radius 3 is 2.55 bits per heavy atom. The van der Waals surface area contributed by atoms with Gasteiger partial charge in [-0.25, -0.2) is 0 Å². The number of hydrogen-bond donors (Lipinski definition) is 3. The highest BCUT2D eigenvalue weighted by Crippen LogP contribution is 2.14. The van der Waals surface area contributed by atoms with Crippen LogP contribution in [0.15, 0.2) is 24.3 Å². The molecule has 5 nitrogen and oxygen atoms in total. The maximum absolute atomic E-state index is 11.8. The van der Waals surface area contributed by atoms with Gasteiger partial charge in [0, 0.05) is 23.4 Å². The van der Waals surface area contributed by atoms with Gasteiger partial charge in [0.25, 0.3) is 0 Å². The van der Waals surface area contributed by atoms with Crippen molar-refractivity contribution in [3.8, 4) is 0 Å². The Morgan fingerprint density at radius 2 is 2.00 bits per heavy atom. The molecule has 2 amide bonds. The maximum Gasteiger partial charge on any atom is 0.313 e. The van der Waals surface area contributed by atoms with Gasteiger partial charge in [-0.1, -0.05) is 31.5 Å². The van der Waals surface area contributed by atoms with Crippen LogP contribution in [0, 0.1) is 5.92 Å². The minimum atomic E-state index is -0.754. The third-order valence-electron chi connectivity index (χ3n) is 2.85. The second-order valence-electron chi connectivity index (χ2n) is 4.80. The molecule has 1 unspecified atom stereocenters. The first-order valence-corrected chi connectivity index (χ1v) is 6.80. The Kier molecular flexibility index (Phi) is 6.48. The fourth-order valence-electron chi connectivity index (χ4n) is 1.70. The molecule has 0 saturated carbocycles. The van der Waals surface area contributed by atoms with E-state index in [0.717, 1.165) is 0 Å². The molecule has 0 heterocycles. The number of aliphatic hydroxyl groups excluding tert-OH is 1. The molecule has 1 rings (SSSR count). The third kappa shape index (κ3) is 5.19. The minimum Gasteiger partial charge on any atom is -0.396 e. The van der Waals surface area contributed by atoms with Gasteiger partial charge in [0.2, 0.25) is 0 Å². The molecule has 0 aromatic heterocycles. The van der Waals surface area contributed by atoms with Gasteiger partial charge in [-0.15, -0.1) is 0 Å². The molecular formula is C14H19ClN2O3. The summed E-state index contributed by atoms with van der Waals surface area (Å²) in [5.41, 5.74) is 0.459. The number of halogens is 1. The third-order valence-corrected chi connectivity index (χ3v) is 3.09. The van der Waals surface area contributed by atoms with Crippen molar-refractivity contribution in [2.24, 2.45) is 5.92 Å². The number of anilines is 1. The molecule has 0 aliphatic heterocycles. The number of hydrogen-bond acceptors (Lipinski definition) is 3. The van der Waals surface area contributed by atoms with Crippen LogP contribution in [0.5, 0.6) is 0 Å². The number of carbonyl (C=O) groups excluding carboxylic acids is 2. The molecule has 0 bridgehead atoms. The van der Waals surface area contributed by atoms with Gasteiger partial charge in [-0.3, -0.25) is 9.59 Å². The second-order valence-corrected chi connectivity index (χ2v) is 5.24. The van der Waals surface area contributed by atoms with Crippen LogP contribution in [-0.2, 0) is 9.59 Å². The Labute approximate surface area is 123 Å². The van der Waals surface area contributed by atoms with Crippen LogP contribution in [-0.4, -0.2) is 29.6 Å². The normalized spacial score (nSPS) is 12.1. The van der Waals surface area contributed by atoms with Crippen LogP contribution in [0.3, 0.4) is 0 Å². The minimum absolute atomic E-state index is 0.0426. The van der Waals surface area contributed by atoms with Crippen molar-refractivity contribution < 1.29 is 14.7 Å². The molecule has 3 N–H and O–H groups in total. The highest BCUT2D eigenvalue weighted by atomic mass is 35.5. The summed E-state index contributed by atoms with van der Waals surface area (Å²) in [4.78, 5) is 23.5. The molecule has 20 heavy (non-hydrogen) atoms. The van der Waals surface area contributed by atoms with Gasteiger partial charge < -0.3 is 15.7 Å². The van der Waals surface area contributed by atoms with E-state index in [1.165, 1.54) is 0 Å². The second kappa shape index (κ2) is 7.87. The summed E-state index contributed by atoms with van der Waals surface area (Å²) in [6.07, 6.45) is 0.411. The van der Waals surface area contributed by atoms with Crippen molar-refractivity contribution in [3.05, 3.63) is 29.3 Å². The van der Waals surface area contributed by atoms with Crippen molar-refractivity contribution in [2.45, 2.75) is 26.3 Å². The lowest BCUT2D eigenvalue weighted by atomic mass is 10.0. The van der Waals surface area contributed by atoms with Gasteiger partial charge in [0.1, 0.15) is 0 Å². The smallest absolute Gasteiger partial charge is 0.313 e. The van der Waals surface area contributed by atoms with Gasteiger partial charge in [-0.05, 0) is 30.5 Å². The summed E-state index contributed by atoms with van der Waals surface area (Å²) in [6, 6.07) is 6.31.